The highest BCUT2D eigenvalue weighted by Crippen LogP contribution is 2.09. The minimum atomic E-state index is 0.164. The zero-order valence-electron chi connectivity index (χ0n) is 9.66. The first-order chi connectivity index (χ1) is 7.63. The monoisotopic (exact) mass is 332 g/mol. The number of amides is 1. The maximum Gasteiger partial charge on any atom is 0.226 e. The number of carbonyl (C=O) groups excluding carboxylic acids is 1. The quantitative estimate of drug-likeness (QED) is 0.829. The summed E-state index contributed by atoms with van der Waals surface area (Å²) in [6.07, 6.45) is 0.483. The minimum Gasteiger partial charge on any atom is -0.344 e. The van der Waals surface area contributed by atoms with Crippen LogP contribution in [0.3, 0.4) is 0 Å². The summed E-state index contributed by atoms with van der Waals surface area (Å²) in [6, 6.07) is 8.05. The molecule has 0 bridgehead atoms. The van der Waals surface area contributed by atoms with Gasteiger partial charge in [0.05, 0.1) is 6.42 Å². The number of nitrogens with zero attached hydrogens (tertiary/aromatic N) is 1. The van der Waals surface area contributed by atoms with Crippen LogP contribution in [0.1, 0.15) is 5.56 Å². The van der Waals surface area contributed by atoms with Crippen LogP contribution in [-0.4, -0.2) is 38.0 Å². The van der Waals surface area contributed by atoms with Gasteiger partial charge in [-0.15, -0.1) is 0 Å². The molecule has 0 aliphatic heterocycles. The smallest absolute Gasteiger partial charge is 0.226 e. The molecule has 1 amide bonds. The maximum atomic E-state index is 11.8. The van der Waals surface area contributed by atoms with Crippen molar-refractivity contribution in [1.82, 2.24) is 10.2 Å². The highest BCUT2D eigenvalue weighted by molar-refractivity contribution is 14.1. The summed E-state index contributed by atoms with van der Waals surface area (Å²) < 4.78 is 1.17. The van der Waals surface area contributed by atoms with E-state index in [2.05, 4.69) is 27.9 Å². The van der Waals surface area contributed by atoms with Gasteiger partial charge in [-0.1, -0.05) is 12.1 Å². The molecule has 0 saturated heterocycles. The van der Waals surface area contributed by atoms with E-state index in [9.17, 15) is 4.79 Å². The van der Waals surface area contributed by atoms with Gasteiger partial charge < -0.3 is 10.2 Å². The molecule has 4 heteroatoms. The van der Waals surface area contributed by atoms with Crippen molar-refractivity contribution < 1.29 is 4.79 Å². The number of likely N-dealkylation sites (N-methyl/N-ethyl adjacent to an activating group) is 2. The molecule has 0 atom stereocenters. The summed E-state index contributed by atoms with van der Waals surface area (Å²) in [6.45, 7) is 1.58. The van der Waals surface area contributed by atoms with Crippen LogP contribution < -0.4 is 5.32 Å². The van der Waals surface area contributed by atoms with Crippen LogP contribution in [0.15, 0.2) is 24.3 Å². The minimum absolute atomic E-state index is 0.164. The molecule has 0 radical (unpaired) electrons. The van der Waals surface area contributed by atoms with E-state index >= 15 is 0 Å². The third-order valence-electron chi connectivity index (χ3n) is 2.37. The number of hydrogen-bond acceptors (Lipinski definition) is 2. The molecule has 1 N–H and O–H groups in total. The Morgan fingerprint density at radius 3 is 2.88 bits per heavy atom. The van der Waals surface area contributed by atoms with Crippen LogP contribution in [0.2, 0.25) is 0 Å². The van der Waals surface area contributed by atoms with Crippen LogP contribution >= 0.6 is 22.6 Å². The summed E-state index contributed by atoms with van der Waals surface area (Å²) in [5.41, 5.74) is 1.08. The van der Waals surface area contributed by atoms with Crippen LogP contribution in [0.25, 0.3) is 0 Å². The Labute approximate surface area is 110 Å². The third kappa shape index (κ3) is 4.49. The highest BCUT2D eigenvalue weighted by atomic mass is 127. The predicted octanol–water partition coefficient (Wildman–Crippen LogP) is 1.51. The average molecular weight is 332 g/mol. The fourth-order valence-electron chi connectivity index (χ4n) is 1.36. The van der Waals surface area contributed by atoms with E-state index in [1.165, 1.54) is 3.57 Å². The largest absolute Gasteiger partial charge is 0.344 e. The van der Waals surface area contributed by atoms with Crippen molar-refractivity contribution in [1.29, 1.82) is 0 Å². The zero-order valence-corrected chi connectivity index (χ0v) is 11.8. The van der Waals surface area contributed by atoms with Gasteiger partial charge in [0, 0.05) is 23.7 Å². The molecule has 1 rings (SSSR count). The lowest BCUT2D eigenvalue weighted by atomic mass is 10.1. The molecule has 88 valence electrons. The topological polar surface area (TPSA) is 32.3 Å². The maximum absolute atomic E-state index is 11.8. The Kier molecular flexibility index (Phi) is 5.76. The summed E-state index contributed by atoms with van der Waals surface area (Å²) in [7, 11) is 3.73. The van der Waals surface area contributed by atoms with Gasteiger partial charge in [0.25, 0.3) is 0 Å². The molecule has 0 heterocycles. The summed E-state index contributed by atoms with van der Waals surface area (Å²) >= 11 is 2.26. The molecule has 0 aliphatic carbocycles. The van der Waals surface area contributed by atoms with Gasteiger partial charge in [0.15, 0.2) is 0 Å². The van der Waals surface area contributed by atoms with Crippen molar-refractivity contribution in [2.24, 2.45) is 0 Å². The Morgan fingerprint density at radius 2 is 2.25 bits per heavy atom. The Balaban J connectivity index is 2.50. The van der Waals surface area contributed by atoms with Gasteiger partial charge in [-0.2, -0.15) is 0 Å². The van der Waals surface area contributed by atoms with E-state index in [0.29, 0.717) is 6.42 Å². The normalized spacial score (nSPS) is 10.2. The summed E-state index contributed by atoms with van der Waals surface area (Å²) in [5, 5.41) is 3.03. The number of nitrogens with one attached hydrogen (secondary N) is 1. The molecule has 1 aromatic carbocycles. The van der Waals surface area contributed by atoms with Gasteiger partial charge in [0.1, 0.15) is 0 Å². The van der Waals surface area contributed by atoms with E-state index in [1.54, 1.807) is 4.90 Å². The van der Waals surface area contributed by atoms with E-state index in [-0.39, 0.29) is 5.91 Å². The van der Waals surface area contributed by atoms with Gasteiger partial charge >= 0.3 is 0 Å². The molecule has 0 aromatic heterocycles. The lowest BCUT2D eigenvalue weighted by Gasteiger charge is -2.16. The van der Waals surface area contributed by atoms with Crippen molar-refractivity contribution >= 4 is 28.5 Å². The highest BCUT2D eigenvalue weighted by Gasteiger charge is 2.08. The first kappa shape index (κ1) is 13.4. The number of halogens is 1. The molecule has 0 saturated carbocycles. The van der Waals surface area contributed by atoms with E-state index in [1.807, 2.05) is 38.4 Å². The van der Waals surface area contributed by atoms with Crippen molar-refractivity contribution in [3.05, 3.63) is 33.4 Å². The standard InChI is InChI=1S/C12H17IN2O/c1-14-6-7-15(2)12(16)9-10-4-3-5-11(13)8-10/h3-5,8,14H,6-7,9H2,1-2H3. The second-order valence-corrected chi connectivity index (χ2v) is 4.97. The third-order valence-corrected chi connectivity index (χ3v) is 3.04. The van der Waals surface area contributed by atoms with Gasteiger partial charge in [-0.05, 0) is 47.3 Å². The molecule has 3 nitrogen and oxygen atoms in total. The number of benzene rings is 1. The Bertz CT molecular complexity index is 355. The molecular weight excluding hydrogens is 315 g/mol. The number of hydrogen-bond donors (Lipinski definition) is 1. The molecule has 0 aliphatic rings. The van der Waals surface area contributed by atoms with Crippen molar-refractivity contribution in [3.63, 3.8) is 0 Å². The van der Waals surface area contributed by atoms with Gasteiger partial charge in [-0.3, -0.25) is 4.79 Å². The SMILES string of the molecule is CNCCN(C)C(=O)Cc1cccc(I)c1. The fourth-order valence-corrected chi connectivity index (χ4v) is 1.97. The van der Waals surface area contributed by atoms with Crippen LogP contribution in [0.4, 0.5) is 0 Å². The van der Waals surface area contributed by atoms with E-state index in [4.69, 9.17) is 0 Å². The first-order valence-electron chi connectivity index (χ1n) is 5.26. The predicted molar refractivity (Wildman–Crippen MR) is 74.4 cm³/mol. The molecule has 16 heavy (non-hydrogen) atoms. The molecule has 0 unspecified atom stereocenters. The van der Waals surface area contributed by atoms with Crippen LogP contribution in [-0.2, 0) is 11.2 Å². The number of carbonyl (C=O) groups is 1. The van der Waals surface area contributed by atoms with E-state index < -0.39 is 0 Å². The van der Waals surface area contributed by atoms with Crippen molar-refractivity contribution in [3.8, 4) is 0 Å². The van der Waals surface area contributed by atoms with Crippen molar-refractivity contribution in [2.75, 3.05) is 27.2 Å². The van der Waals surface area contributed by atoms with Crippen molar-refractivity contribution in [2.45, 2.75) is 6.42 Å². The zero-order chi connectivity index (χ0) is 12.0. The first-order valence-corrected chi connectivity index (χ1v) is 6.34. The number of rotatable bonds is 5. The lowest BCUT2D eigenvalue weighted by molar-refractivity contribution is -0.129. The average Bonchev–Trinajstić information content (AvgIpc) is 2.25. The molecule has 1 aromatic rings. The van der Waals surface area contributed by atoms with Crippen LogP contribution in [0.5, 0.6) is 0 Å². The second-order valence-electron chi connectivity index (χ2n) is 3.73. The second kappa shape index (κ2) is 6.85. The summed E-state index contributed by atoms with van der Waals surface area (Å²) in [4.78, 5) is 13.6. The molecule has 0 fully saturated rings. The molecule has 0 spiro atoms. The Hall–Kier alpha value is -0.620. The van der Waals surface area contributed by atoms with Gasteiger partial charge in [-0.25, -0.2) is 0 Å². The van der Waals surface area contributed by atoms with E-state index in [0.717, 1.165) is 18.7 Å². The van der Waals surface area contributed by atoms with Crippen LogP contribution in [0, 0.1) is 3.57 Å². The lowest BCUT2D eigenvalue weighted by Crippen LogP contribution is -2.33. The molecular formula is C12H17IN2O. The Morgan fingerprint density at radius 1 is 1.50 bits per heavy atom. The summed E-state index contributed by atoms with van der Waals surface area (Å²) in [5.74, 6) is 0.164. The van der Waals surface area contributed by atoms with Gasteiger partial charge in [0.2, 0.25) is 5.91 Å². The fraction of sp³-hybridized carbons (Fsp3) is 0.417.